The first-order valence-electron chi connectivity index (χ1n) is 4.83. The minimum absolute atomic E-state index is 0.0893. The Morgan fingerprint density at radius 3 is 3.00 bits per heavy atom. The molecule has 1 amide bonds. The Labute approximate surface area is 101 Å². The van der Waals surface area contributed by atoms with E-state index in [-0.39, 0.29) is 6.54 Å². The zero-order chi connectivity index (χ0) is 12.4. The number of carbonyl (C=O) groups is 1. The molecule has 0 atom stereocenters. The summed E-state index contributed by atoms with van der Waals surface area (Å²) in [6.45, 7) is 0.0893. The summed E-state index contributed by atoms with van der Waals surface area (Å²) in [5.41, 5.74) is 7.56. The van der Waals surface area contributed by atoms with Gasteiger partial charge in [-0.3, -0.25) is 10.2 Å². The number of amides is 1. The number of nitrogens with zero attached hydrogens (tertiary/aromatic N) is 3. The summed E-state index contributed by atoms with van der Waals surface area (Å²) in [6, 6.07) is 1.90. The average molecular weight is 252 g/mol. The molecule has 2 rings (SSSR count). The number of hydrogen-bond donors (Lipinski definition) is 3. The molecule has 0 aromatic carbocycles. The maximum Gasteiger partial charge on any atom is 0.240 e. The second-order valence-electron chi connectivity index (χ2n) is 3.48. The molecule has 2 heterocycles. The van der Waals surface area contributed by atoms with Crippen LogP contribution in [-0.2, 0) is 4.79 Å². The highest BCUT2D eigenvalue weighted by molar-refractivity contribution is 7.16. The summed E-state index contributed by atoms with van der Waals surface area (Å²) in [5, 5.41) is 2.78. The lowest BCUT2D eigenvalue weighted by atomic mass is 10.3. The maximum atomic E-state index is 10.9. The third-order valence-corrected chi connectivity index (χ3v) is 3.00. The number of primary amides is 1. The highest BCUT2D eigenvalue weighted by Crippen LogP contribution is 2.28. The van der Waals surface area contributed by atoms with Crippen LogP contribution in [0.4, 0.5) is 11.8 Å². The van der Waals surface area contributed by atoms with Gasteiger partial charge in [-0.25, -0.2) is 10.8 Å². The number of rotatable bonds is 4. The Morgan fingerprint density at radius 1 is 1.59 bits per heavy atom. The van der Waals surface area contributed by atoms with E-state index in [0.29, 0.717) is 11.8 Å². The Morgan fingerprint density at radius 2 is 2.35 bits per heavy atom. The minimum atomic E-state index is -0.420. The number of carbonyl (C=O) groups excluding carboxylic acids is 1. The van der Waals surface area contributed by atoms with Gasteiger partial charge in [0, 0.05) is 7.05 Å². The number of nitrogen functional groups attached to an aromatic ring is 1. The fourth-order valence-corrected chi connectivity index (χ4v) is 2.26. The van der Waals surface area contributed by atoms with Crippen LogP contribution in [0.5, 0.6) is 0 Å². The number of nitrogens with one attached hydrogen (secondary N) is 1. The van der Waals surface area contributed by atoms with E-state index in [0.717, 1.165) is 10.2 Å². The monoisotopic (exact) mass is 252 g/mol. The van der Waals surface area contributed by atoms with Gasteiger partial charge in [0.15, 0.2) is 0 Å². The number of thiophene rings is 1. The van der Waals surface area contributed by atoms with Crippen LogP contribution in [0, 0.1) is 0 Å². The summed E-state index contributed by atoms with van der Waals surface area (Å²) in [7, 11) is 1.74. The van der Waals surface area contributed by atoms with Crippen LogP contribution in [0.15, 0.2) is 11.4 Å². The van der Waals surface area contributed by atoms with E-state index in [1.807, 2.05) is 11.4 Å². The Hall–Kier alpha value is -1.93. The summed E-state index contributed by atoms with van der Waals surface area (Å²) in [4.78, 5) is 21.8. The van der Waals surface area contributed by atoms with Gasteiger partial charge >= 0.3 is 0 Å². The molecule has 0 aliphatic carbocycles. The van der Waals surface area contributed by atoms with E-state index in [1.165, 1.54) is 11.3 Å². The molecule has 0 spiro atoms. The fraction of sp³-hybridized carbons (Fsp3) is 0.222. The van der Waals surface area contributed by atoms with Gasteiger partial charge in [0.2, 0.25) is 11.9 Å². The zero-order valence-corrected chi connectivity index (χ0v) is 9.99. The number of anilines is 2. The van der Waals surface area contributed by atoms with Gasteiger partial charge < -0.3 is 10.6 Å². The molecule has 2 aromatic rings. The zero-order valence-electron chi connectivity index (χ0n) is 9.17. The van der Waals surface area contributed by atoms with Crippen molar-refractivity contribution >= 4 is 39.2 Å². The predicted octanol–water partition coefficient (Wildman–Crippen LogP) is -0.102. The molecule has 0 aliphatic rings. The van der Waals surface area contributed by atoms with Crippen molar-refractivity contribution in [1.29, 1.82) is 0 Å². The number of aromatic nitrogens is 2. The minimum Gasteiger partial charge on any atom is -0.368 e. The van der Waals surface area contributed by atoms with Crippen LogP contribution in [0.2, 0.25) is 0 Å². The fourth-order valence-electron chi connectivity index (χ4n) is 1.50. The van der Waals surface area contributed by atoms with Crippen LogP contribution in [0.1, 0.15) is 0 Å². The summed E-state index contributed by atoms with van der Waals surface area (Å²) >= 11 is 1.48. The number of fused-ring (bicyclic) bond motifs is 1. The van der Waals surface area contributed by atoms with Crippen molar-refractivity contribution in [3.8, 4) is 0 Å². The SMILES string of the molecule is CN(CC(N)=O)c1nc(NN)nc2sccc12. The lowest BCUT2D eigenvalue weighted by Gasteiger charge is -2.17. The highest BCUT2D eigenvalue weighted by Gasteiger charge is 2.13. The molecular weight excluding hydrogens is 240 g/mol. The molecule has 0 radical (unpaired) electrons. The summed E-state index contributed by atoms with van der Waals surface area (Å²) < 4.78 is 0. The molecule has 17 heavy (non-hydrogen) atoms. The first kappa shape index (κ1) is 11.6. The second-order valence-corrected chi connectivity index (χ2v) is 4.37. The molecule has 0 saturated heterocycles. The lowest BCUT2D eigenvalue weighted by Crippen LogP contribution is -2.31. The van der Waals surface area contributed by atoms with Crippen LogP contribution in [0.25, 0.3) is 10.2 Å². The van der Waals surface area contributed by atoms with Gasteiger partial charge in [0.05, 0.1) is 11.9 Å². The van der Waals surface area contributed by atoms with Crippen molar-refractivity contribution in [2.75, 3.05) is 23.9 Å². The van der Waals surface area contributed by atoms with Crippen molar-refractivity contribution in [2.24, 2.45) is 11.6 Å². The first-order valence-corrected chi connectivity index (χ1v) is 5.71. The Balaban J connectivity index is 2.49. The summed E-state index contributed by atoms with van der Waals surface area (Å²) in [6.07, 6.45) is 0. The predicted molar refractivity (Wildman–Crippen MR) is 67.7 cm³/mol. The molecule has 0 unspecified atom stereocenters. The normalized spacial score (nSPS) is 10.5. The standard InChI is InChI=1S/C9H12N6OS/c1-15(4-6(10)16)7-5-2-3-17-8(5)13-9(12-7)14-11/h2-3H,4,11H2,1H3,(H2,10,16)(H,12,13,14). The van der Waals surface area contributed by atoms with Gasteiger partial charge in [-0.1, -0.05) is 0 Å². The average Bonchev–Trinajstić information content (AvgIpc) is 2.74. The first-order chi connectivity index (χ1) is 8.11. The molecular formula is C9H12N6OS. The van der Waals surface area contributed by atoms with Gasteiger partial charge in [-0.15, -0.1) is 11.3 Å². The maximum absolute atomic E-state index is 10.9. The van der Waals surface area contributed by atoms with Gasteiger partial charge in [0.25, 0.3) is 0 Å². The molecule has 0 fully saturated rings. The van der Waals surface area contributed by atoms with E-state index in [9.17, 15) is 4.79 Å². The highest BCUT2D eigenvalue weighted by atomic mass is 32.1. The number of likely N-dealkylation sites (N-methyl/N-ethyl adjacent to an activating group) is 1. The quantitative estimate of drug-likeness (QED) is 0.517. The smallest absolute Gasteiger partial charge is 0.240 e. The van der Waals surface area contributed by atoms with Crippen LogP contribution < -0.4 is 21.9 Å². The lowest BCUT2D eigenvalue weighted by molar-refractivity contribution is -0.116. The van der Waals surface area contributed by atoms with Crippen LogP contribution in [0.3, 0.4) is 0 Å². The third kappa shape index (κ3) is 2.27. The summed E-state index contributed by atoms with van der Waals surface area (Å²) in [5.74, 6) is 5.82. The largest absolute Gasteiger partial charge is 0.368 e. The van der Waals surface area contributed by atoms with Crippen molar-refractivity contribution < 1.29 is 4.79 Å². The molecule has 0 bridgehead atoms. The molecule has 2 aromatic heterocycles. The van der Waals surface area contributed by atoms with Crippen molar-refractivity contribution in [3.63, 3.8) is 0 Å². The van der Waals surface area contributed by atoms with Crippen molar-refractivity contribution in [2.45, 2.75) is 0 Å². The van der Waals surface area contributed by atoms with E-state index >= 15 is 0 Å². The molecule has 5 N–H and O–H groups in total. The molecule has 0 saturated carbocycles. The van der Waals surface area contributed by atoms with E-state index in [1.54, 1.807) is 11.9 Å². The van der Waals surface area contributed by atoms with E-state index < -0.39 is 5.91 Å². The van der Waals surface area contributed by atoms with E-state index in [2.05, 4.69) is 15.4 Å². The topological polar surface area (TPSA) is 110 Å². The Kier molecular flexibility index (Phi) is 3.07. The third-order valence-electron chi connectivity index (χ3n) is 2.19. The number of hydrogen-bond acceptors (Lipinski definition) is 7. The number of nitrogens with two attached hydrogens (primary N) is 2. The molecule has 8 heteroatoms. The van der Waals surface area contributed by atoms with Gasteiger partial charge in [-0.2, -0.15) is 4.98 Å². The van der Waals surface area contributed by atoms with Crippen LogP contribution >= 0.6 is 11.3 Å². The Bertz CT molecular complexity index is 553. The van der Waals surface area contributed by atoms with Crippen LogP contribution in [-0.4, -0.2) is 29.5 Å². The molecule has 7 nitrogen and oxygen atoms in total. The van der Waals surface area contributed by atoms with E-state index in [4.69, 9.17) is 11.6 Å². The molecule has 0 aliphatic heterocycles. The van der Waals surface area contributed by atoms with Crippen molar-refractivity contribution in [1.82, 2.24) is 9.97 Å². The number of hydrazine groups is 1. The molecule has 90 valence electrons. The van der Waals surface area contributed by atoms with Gasteiger partial charge in [0.1, 0.15) is 10.6 Å². The van der Waals surface area contributed by atoms with Crippen molar-refractivity contribution in [3.05, 3.63) is 11.4 Å². The van der Waals surface area contributed by atoms with Gasteiger partial charge in [-0.05, 0) is 11.4 Å². The second kappa shape index (κ2) is 4.52.